The van der Waals surface area contributed by atoms with Gasteiger partial charge in [0.25, 0.3) is 0 Å². The number of aliphatic hydroxyl groups is 1. The quantitative estimate of drug-likeness (QED) is 0.883. The fourth-order valence-corrected chi connectivity index (χ4v) is 3.96. The van der Waals surface area contributed by atoms with E-state index in [0.717, 1.165) is 5.16 Å². The van der Waals surface area contributed by atoms with Gasteiger partial charge in [-0.1, -0.05) is 42.4 Å². The zero-order valence-corrected chi connectivity index (χ0v) is 12.4. The molecule has 1 aromatic carbocycles. The maximum atomic E-state index is 9.21. The van der Waals surface area contributed by atoms with Crippen molar-refractivity contribution in [2.75, 3.05) is 0 Å². The molecule has 1 aliphatic carbocycles. The van der Waals surface area contributed by atoms with Gasteiger partial charge in [-0.15, -0.1) is 10.2 Å². The predicted molar refractivity (Wildman–Crippen MR) is 79.5 cm³/mol. The third-order valence-corrected chi connectivity index (χ3v) is 5.22. The van der Waals surface area contributed by atoms with E-state index in [0.29, 0.717) is 11.1 Å². The zero-order chi connectivity index (χ0) is 13.9. The van der Waals surface area contributed by atoms with Gasteiger partial charge in [-0.3, -0.25) is 0 Å². The fourth-order valence-electron chi connectivity index (χ4n) is 2.71. The summed E-state index contributed by atoms with van der Waals surface area (Å²) in [7, 11) is 1.91. The standard InChI is InChI=1S/C15H19N3OS/c1-18-14(10-19)16-17-15(18)20-13-9-5-3-7-11-6-2-4-8-12(11)13/h2,4,6,8,13,19H,3,5,7,9-10H2,1H3. The Bertz CT molecular complexity index is 597. The molecule has 0 amide bonds. The summed E-state index contributed by atoms with van der Waals surface area (Å²) in [5, 5.41) is 18.7. The zero-order valence-electron chi connectivity index (χ0n) is 11.6. The molecule has 1 aromatic heterocycles. The molecular weight excluding hydrogens is 270 g/mol. The monoisotopic (exact) mass is 289 g/mol. The van der Waals surface area contributed by atoms with Crippen LogP contribution in [0.15, 0.2) is 29.4 Å². The average molecular weight is 289 g/mol. The van der Waals surface area contributed by atoms with Gasteiger partial charge in [0.1, 0.15) is 6.61 Å². The van der Waals surface area contributed by atoms with E-state index >= 15 is 0 Å². The van der Waals surface area contributed by atoms with Crippen molar-refractivity contribution in [2.24, 2.45) is 7.05 Å². The first-order chi connectivity index (χ1) is 9.79. The number of hydrogen-bond acceptors (Lipinski definition) is 4. The van der Waals surface area contributed by atoms with Crippen LogP contribution in [0.3, 0.4) is 0 Å². The van der Waals surface area contributed by atoms with Crippen molar-refractivity contribution in [3.63, 3.8) is 0 Å². The van der Waals surface area contributed by atoms with Crippen molar-refractivity contribution < 1.29 is 5.11 Å². The summed E-state index contributed by atoms with van der Waals surface area (Å²) < 4.78 is 1.89. The molecular formula is C15H19N3OS. The van der Waals surface area contributed by atoms with Crippen molar-refractivity contribution in [2.45, 2.75) is 42.7 Å². The van der Waals surface area contributed by atoms with Crippen molar-refractivity contribution in [3.05, 3.63) is 41.2 Å². The first-order valence-corrected chi connectivity index (χ1v) is 7.91. The summed E-state index contributed by atoms with van der Waals surface area (Å²) in [4.78, 5) is 0. The van der Waals surface area contributed by atoms with Crippen LogP contribution in [0.1, 0.15) is 41.5 Å². The highest BCUT2D eigenvalue weighted by Gasteiger charge is 2.21. The highest BCUT2D eigenvalue weighted by molar-refractivity contribution is 7.99. The molecule has 0 fully saturated rings. The lowest BCUT2D eigenvalue weighted by atomic mass is 10.0. The van der Waals surface area contributed by atoms with Gasteiger partial charge in [0.2, 0.25) is 0 Å². The Labute approximate surface area is 123 Å². The highest BCUT2D eigenvalue weighted by atomic mass is 32.2. The molecule has 0 saturated carbocycles. The molecule has 2 aromatic rings. The third-order valence-electron chi connectivity index (χ3n) is 3.88. The van der Waals surface area contributed by atoms with Gasteiger partial charge in [0.15, 0.2) is 11.0 Å². The topological polar surface area (TPSA) is 50.9 Å². The van der Waals surface area contributed by atoms with Crippen molar-refractivity contribution in [3.8, 4) is 0 Å². The number of hydrogen-bond donors (Lipinski definition) is 1. The molecule has 1 N–H and O–H groups in total. The van der Waals surface area contributed by atoms with Gasteiger partial charge in [-0.2, -0.15) is 0 Å². The van der Waals surface area contributed by atoms with E-state index in [-0.39, 0.29) is 6.61 Å². The van der Waals surface area contributed by atoms with E-state index < -0.39 is 0 Å². The second-order valence-corrected chi connectivity index (χ2v) is 6.34. The summed E-state index contributed by atoms with van der Waals surface area (Å²) in [6.45, 7) is -0.0642. The summed E-state index contributed by atoms with van der Waals surface area (Å²) in [5.74, 6) is 0.620. The molecule has 1 aliphatic rings. The molecule has 1 heterocycles. The fraction of sp³-hybridized carbons (Fsp3) is 0.467. The smallest absolute Gasteiger partial charge is 0.191 e. The second kappa shape index (κ2) is 5.97. The van der Waals surface area contributed by atoms with Gasteiger partial charge in [-0.25, -0.2) is 0 Å². The van der Waals surface area contributed by atoms with Gasteiger partial charge in [-0.05, 0) is 30.4 Å². The van der Waals surface area contributed by atoms with E-state index in [2.05, 4.69) is 34.5 Å². The van der Waals surface area contributed by atoms with E-state index in [1.807, 2.05) is 11.6 Å². The minimum Gasteiger partial charge on any atom is -0.388 e. The Morgan fingerprint density at radius 1 is 1.30 bits per heavy atom. The number of nitrogens with zero attached hydrogens (tertiary/aromatic N) is 3. The lowest BCUT2D eigenvalue weighted by Crippen LogP contribution is -2.01. The Kier molecular flexibility index (Phi) is 4.08. The number of benzene rings is 1. The lowest BCUT2D eigenvalue weighted by molar-refractivity contribution is 0.266. The maximum absolute atomic E-state index is 9.21. The first-order valence-electron chi connectivity index (χ1n) is 7.03. The van der Waals surface area contributed by atoms with E-state index in [9.17, 15) is 5.11 Å². The largest absolute Gasteiger partial charge is 0.388 e. The number of rotatable bonds is 3. The third kappa shape index (κ3) is 2.60. The minimum absolute atomic E-state index is 0.0642. The van der Waals surface area contributed by atoms with Crippen LogP contribution in [0.5, 0.6) is 0 Å². The summed E-state index contributed by atoms with van der Waals surface area (Å²) in [5.41, 5.74) is 2.90. The lowest BCUT2D eigenvalue weighted by Gasteiger charge is -2.16. The number of fused-ring (bicyclic) bond motifs is 1. The summed E-state index contributed by atoms with van der Waals surface area (Å²) in [6.07, 6.45) is 4.85. The van der Waals surface area contributed by atoms with E-state index in [1.54, 1.807) is 11.8 Å². The molecule has 5 heteroatoms. The summed E-state index contributed by atoms with van der Waals surface area (Å²) >= 11 is 1.76. The van der Waals surface area contributed by atoms with Crippen LogP contribution in [-0.4, -0.2) is 19.9 Å². The van der Waals surface area contributed by atoms with Gasteiger partial charge in [0, 0.05) is 12.3 Å². The normalized spacial score (nSPS) is 18.6. The first kappa shape index (κ1) is 13.6. The molecule has 4 nitrogen and oxygen atoms in total. The molecule has 0 saturated heterocycles. The summed E-state index contributed by atoms with van der Waals surface area (Å²) in [6, 6.07) is 8.72. The Balaban J connectivity index is 1.88. The van der Waals surface area contributed by atoms with E-state index in [4.69, 9.17) is 0 Å². The number of thioether (sulfide) groups is 1. The van der Waals surface area contributed by atoms with Crippen LogP contribution in [-0.2, 0) is 20.1 Å². The van der Waals surface area contributed by atoms with Gasteiger partial charge in [0.05, 0.1) is 0 Å². The maximum Gasteiger partial charge on any atom is 0.191 e. The van der Waals surface area contributed by atoms with Crippen LogP contribution >= 0.6 is 11.8 Å². The van der Waals surface area contributed by atoms with Crippen molar-refractivity contribution in [1.82, 2.24) is 14.8 Å². The Morgan fingerprint density at radius 2 is 2.15 bits per heavy atom. The Hall–Kier alpha value is -1.33. The number of aryl methyl sites for hydroxylation is 1. The highest BCUT2D eigenvalue weighted by Crippen LogP contribution is 2.41. The number of aliphatic hydroxyl groups excluding tert-OH is 1. The van der Waals surface area contributed by atoms with Gasteiger partial charge >= 0.3 is 0 Å². The van der Waals surface area contributed by atoms with Crippen molar-refractivity contribution >= 4 is 11.8 Å². The van der Waals surface area contributed by atoms with E-state index in [1.165, 1.54) is 36.8 Å². The predicted octanol–water partition coefficient (Wildman–Crippen LogP) is 2.87. The molecule has 20 heavy (non-hydrogen) atoms. The second-order valence-electron chi connectivity index (χ2n) is 5.17. The van der Waals surface area contributed by atoms with Crippen LogP contribution in [0.25, 0.3) is 0 Å². The molecule has 1 atom stereocenters. The molecule has 0 spiro atoms. The minimum atomic E-state index is -0.0642. The average Bonchev–Trinajstić information content (AvgIpc) is 2.70. The van der Waals surface area contributed by atoms with Crippen LogP contribution < -0.4 is 0 Å². The molecule has 0 radical (unpaired) electrons. The Morgan fingerprint density at radius 3 is 2.95 bits per heavy atom. The molecule has 0 bridgehead atoms. The molecule has 1 unspecified atom stereocenters. The molecule has 3 rings (SSSR count). The SMILES string of the molecule is Cn1c(CO)nnc1SC1CCCCc2ccccc21. The van der Waals surface area contributed by atoms with Crippen molar-refractivity contribution in [1.29, 1.82) is 0 Å². The molecule has 0 aliphatic heterocycles. The van der Waals surface area contributed by atoms with Crippen LogP contribution in [0.4, 0.5) is 0 Å². The molecule has 106 valence electrons. The van der Waals surface area contributed by atoms with Crippen LogP contribution in [0, 0.1) is 0 Å². The number of aromatic nitrogens is 3. The van der Waals surface area contributed by atoms with Gasteiger partial charge < -0.3 is 9.67 Å². The van der Waals surface area contributed by atoms with Crippen LogP contribution in [0.2, 0.25) is 0 Å².